The molecule has 1 aliphatic heterocycles. The number of guanidine groups is 1. The van der Waals surface area contributed by atoms with E-state index in [0.717, 1.165) is 38.7 Å². The fraction of sp³-hybridized carbons (Fsp3) is 0.682. The van der Waals surface area contributed by atoms with Crippen LogP contribution in [0.5, 0.6) is 0 Å². The van der Waals surface area contributed by atoms with Gasteiger partial charge in [0.15, 0.2) is 5.96 Å². The van der Waals surface area contributed by atoms with Gasteiger partial charge in [0, 0.05) is 26.7 Å². The molecule has 1 aliphatic rings. The topological polar surface area (TPSA) is 42.9 Å². The Morgan fingerprint density at radius 3 is 2.50 bits per heavy atom. The summed E-state index contributed by atoms with van der Waals surface area (Å²) < 4.78 is 0. The third-order valence-electron chi connectivity index (χ3n) is 5.73. The predicted molar refractivity (Wildman–Crippen MR) is 132 cm³/mol. The minimum atomic E-state index is 0. The molecule has 0 bridgehead atoms. The Balaban J connectivity index is 0.00000392. The van der Waals surface area contributed by atoms with Crippen LogP contribution in [0, 0.1) is 5.92 Å². The molecule has 2 N–H and O–H groups in total. The molecule has 1 aromatic carbocycles. The van der Waals surface area contributed by atoms with Crippen molar-refractivity contribution in [3.8, 4) is 0 Å². The van der Waals surface area contributed by atoms with Crippen LogP contribution < -0.4 is 10.6 Å². The molecule has 0 aliphatic carbocycles. The van der Waals surface area contributed by atoms with Crippen LogP contribution in [-0.2, 0) is 0 Å². The first kappa shape index (κ1) is 25.2. The molecular weight excluding hydrogens is 461 g/mol. The second-order valence-corrected chi connectivity index (χ2v) is 7.38. The number of likely N-dealkylation sites (tertiary alicyclic amines) is 1. The summed E-state index contributed by atoms with van der Waals surface area (Å²) in [6, 6.07) is 11.1. The van der Waals surface area contributed by atoms with Crippen molar-refractivity contribution >= 4 is 29.9 Å². The molecule has 6 heteroatoms. The molecule has 2 unspecified atom stereocenters. The van der Waals surface area contributed by atoms with E-state index >= 15 is 0 Å². The molecule has 1 heterocycles. The van der Waals surface area contributed by atoms with Gasteiger partial charge >= 0.3 is 0 Å². The summed E-state index contributed by atoms with van der Waals surface area (Å²) in [6.07, 6.45) is 2.62. The van der Waals surface area contributed by atoms with Gasteiger partial charge in [-0.1, -0.05) is 51.1 Å². The van der Waals surface area contributed by atoms with Crippen molar-refractivity contribution in [2.24, 2.45) is 10.9 Å². The van der Waals surface area contributed by atoms with Gasteiger partial charge in [0.1, 0.15) is 0 Å². The summed E-state index contributed by atoms with van der Waals surface area (Å²) in [5.74, 6) is 1.63. The number of aliphatic imine (C=N–C) groups is 1. The second-order valence-electron chi connectivity index (χ2n) is 7.38. The van der Waals surface area contributed by atoms with Crippen LogP contribution in [0.2, 0.25) is 0 Å². The number of piperidine rings is 1. The normalized spacial score (nSPS) is 19.2. The molecule has 28 heavy (non-hydrogen) atoms. The lowest BCUT2D eigenvalue weighted by molar-refractivity contribution is 0.183. The minimum Gasteiger partial charge on any atom is -0.356 e. The van der Waals surface area contributed by atoms with Crippen molar-refractivity contribution in [2.75, 3.05) is 52.9 Å². The van der Waals surface area contributed by atoms with E-state index in [1.807, 2.05) is 7.05 Å². The highest BCUT2D eigenvalue weighted by molar-refractivity contribution is 14.0. The smallest absolute Gasteiger partial charge is 0.191 e. The molecule has 1 saturated heterocycles. The molecule has 1 aromatic rings. The molecule has 1 fully saturated rings. The van der Waals surface area contributed by atoms with E-state index in [0.29, 0.717) is 12.0 Å². The third kappa shape index (κ3) is 7.87. The Hall–Kier alpha value is -0.860. The Morgan fingerprint density at radius 2 is 1.89 bits per heavy atom. The zero-order valence-corrected chi connectivity index (χ0v) is 20.5. The quantitative estimate of drug-likeness (QED) is 0.309. The number of likely N-dealkylation sites (N-methyl/N-ethyl adjacent to an activating group) is 1. The highest BCUT2D eigenvalue weighted by Crippen LogP contribution is 2.19. The van der Waals surface area contributed by atoms with E-state index in [4.69, 9.17) is 0 Å². The maximum absolute atomic E-state index is 4.45. The lowest BCUT2D eigenvalue weighted by atomic mass is 9.98. The molecule has 5 nitrogen and oxygen atoms in total. The van der Waals surface area contributed by atoms with Crippen molar-refractivity contribution in [1.29, 1.82) is 0 Å². The molecule has 0 radical (unpaired) electrons. The molecule has 0 spiro atoms. The lowest BCUT2D eigenvalue weighted by Crippen LogP contribution is -2.46. The van der Waals surface area contributed by atoms with Crippen molar-refractivity contribution in [2.45, 2.75) is 39.7 Å². The zero-order chi connectivity index (χ0) is 19.5. The second kappa shape index (κ2) is 14.2. The fourth-order valence-corrected chi connectivity index (χ4v) is 4.06. The molecule has 0 saturated carbocycles. The Bertz CT molecular complexity index is 547. The molecule has 0 amide bonds. The number of rotatable bonds is 9. The monoisotopic (exact) mass is 501 g/mol. The molecule has 0 aromatic heterocycles. The van der Waals surface area contributed by atoms with Crippen molar-refractivity contribution < 1.29 is 0 Å². The first-order valence-electron chi connectivity index (χ1n) is 10.7. The predicted octanol–water partition coefficient (Wildman–Crippen LogP) is 3.58. The van der Waals surface area contributed by atoms with E-state index in [9.17, 15) is 0 Å². The van der Waals surface area contributed by atoms with Gasteiger partial charge in [-0.15, -0.1) is 24.0 Å². The molecular formula is C22H40IN5. The summed E-state index contributed by atoms with van der Waals surface area (Å²) in [5.41, 5.74) is 1.36. The van der Waals surface area contributed by atoms with E-state index in [1.165, 1.54) is 31.5 Å². The Labute approximate surface area is 189 Å². The van der Waals surface area contributed by atoms with Crippen LogP contribution >= 0.6 is 24.0 Å². The van der Waals surface area contributed by atoms with Gasteiger partial charge in [0.05, 0.1) is 6.04 Å². The lowest BCUT2D eigenvalue weighted by Gasteiger charge is -2.33. The van der Waals surface area contributed by atoms with Gasteiger partial charge in [-0.25, -0.2) is 0 Å². The van der Waals surface area contributed by atoms with Gasteiger partial charge in [-0.2, -0.15) is 0 Å². The maximum atomic E-state index is 4.45. The van der Waals surface area contributed by atoms with E-state index < -0.39 is 0 Å². The van der Waals surface area contributed by atoms with Gasteiger partial charge in [-0.3, -0.25) is 9.89 Å². The number of hydrogen-bond donors (Lipinski definition) is 2. The van der Waals surface area contributed by atoms with Crippen molar-refractivity contribution in [3.63, 3.8) is 0 Å². The molecule has 2 atom stereocenters. The van der Waals surface area contributed by atoms with Crippen LogP contribution in [0.4, 0.5) is 0 Å². The SMILES string of the molecule is CCN1CCCC(CNC(=NC)NCC(c2ccccc2)N(CC)CC)C1.I. The summed E-state index contributed by atoms with van der Waals surface area (Å²) in [5, 5.41) is 7.12. The third-order valence-corrected chi connectivity index (χ3v) is 5.73. The van der Waals surface area contributed by atoms with E-state index in [2.05, 4.69) is 76.5 Å². The average Bonchev–Trinajstić information content (AvgIpc) is 2.73. The Kier molecular flexibility index (Phi) is 12.7. The zero-order valence-electron chi connectivity index (χ0n) is 18.2. The van der Waals surface area contributed by atoms with Crippen molar-refractivity contribution in [3.05, 3.63) is 35.9 Å². The van der Waals surface area contributed by atoms with Crippen LogP contribution in [-0.4, -0.2) is 68.6 Å². The maximum Gasteiger partial charge on any atom is 0.191 e. The van der Waals surface area contributed by atoms with Crippen LogP contribution in [0.15, 0.2) is 35.3 Å². The standard InChI is InChI=1S/C22H39N5.HI/c1-5-26-15-11-12-19(18-26)16-24-22(23-4)25-17-21(27(6-2)7-3)20-13-9-8-10-14-20;/h8-10,13-14,19,21H,5-7,11-12,15-18H2,1-4H3,(H2,23,24,25);1H. The van der Waals surface area contributed by atoms with Crippen LogP contribution in [0.3, 0.4) is 0 Å². The van der Waals surface area contributed by atoms with Crippen LogP contribution in [0.25, 0.3) is 0 Å². The number of hydrogen-bond acceptors (Lipinski definition) is 3. The summed E-state index contributed by atoms with van der Waals surface area (Å²) in [4.78, 5) is 9.50. The number of halogens is 1. The first-order chi connectivity index (χ1) is 13.2. The van der Waals surface area contributed by atoms with Gasteiger partial charge in [-0.05, 0) is 50.5 Å². The molecule has 2 rings (SSSR count). The van der Waals surface area contributed by atoms with Gasteiger partial charge in [0.25, 0.3) is 0 Å². The Morgan fingerprint density at radius 1 is 1.18 bits per heavy atom. The number of nitrogens with one attached hydrogen (secondary N) is 2. The van der Waals surface area contributed by atoms with Gasteiger partial charge < -0.3 is 15.5 Å². The fourth-order valence-electron chi connectivity index (χ4n) is 4.06. The van der Waals surface area contributed by atoms with Crippen LogP contribution in [0.1, 0.15) is 45.2 Å². The van der Waals surface area contributed by atoms with Crippen molar-refractivity contribution in [1.82, 2.24) is 20.4 Å². The minimum absolute atomic E-state index is 0. The summed E-state index contributed by atoms with van der Waals surface area (Å²) >= 11 is 0. The van der Waals surface area contributed by atoms with E-state index in [1.54, 1.807) is 0 Å². The average molecular weight is 502 g/mol. The first-order valence-corrected chi connectivity index (χ1v) is 10.7. The largest absolute Gasteiger partial charge is 0.356 e. The van der Waals surface area contributed by atoms with Gasteiger partial charge in [0.2, 0.25) is 0 Å². The number of nitrogens with zero attached hydrogens (tertiary/aromatic N) is 3. The molecule has 160 valence electrons. The van der Waals surface area contributed by atoms with E-state index in [-0.39, 0.29) is 24.0 Å². The highest BCUT2D eigenvalue weighted by Gasteiger charge is 2.20. The summed E-state index contributed by atoms with van der Waals surface area (Å²) in [7, 11) is 1.86. The highest BCUT2D eigenvalue weighted by atomic mass is 127. The summed E-state index contributed by atoms with van der Waals surface area (Å²) in [6.45, 7) is 14.3. The number of benzene rings is 1.